The molecule has 1 heterocycles. The summed E-state index contributed by atoms with van der Waals surface area (Å²) < 4.78 is 19.2. The number of ether oxygens (including phenoxy) is 1. The Bertz CT molecular complexity index is 1120. The predicted molar refractivity (Wildman–Crippen MR) is 115 cm³/mol. The molecule has 176 valence electrons. The number of rotatable bonds is 11. The molecule has 0 saturated heterocycles. The van der Waals surface area contributed by atoms with Gasteiger partial charge in [0.05, 0.1) is 5.52 Å². The SMILES string of the molecule is CC(=O)O[C@@H](Cc1c[nH]c2c(F)cccc12)C(=O)N[C@](CCC(=O)C=[N+]=[N-])(C(=O)O)C(C)C. The average molecular weight is 460 g/mol. The summed E-state index contributed by atoms with van der Waals surface area (Å²) in [7, 11) is 0. The van der Waals surface area contributed by atoms with Crippen molar-refractivity contribution in [3.05, 3.63) is 41.3 Å². The Labute approximate surface area is 188 Å². The van der Waals surface area contributed by atoms with Crippen molar-refractivity contribution in [3.8, 4) is 0 Å². The first-order valence-corrected chi connectivity index (χ1v) is 10.2. The highest BCUT2D eigenvalue weighted by Gasteiger charge is 2.45. The number of aromatic amines is 1. The van der Waals surface area contributed by atoms with Crippen molar-refractivity contribution >= 4 is 40.7 Å². The number of hydrogen-bond acceptors (Lipinski definition) is 5. The van der Waals surface area contributed by atoms with Crippen LogP contribution in [-0.4, -0.2) is 56.4 Å². The molecule has 1 aromatic carbocycles. The molecule has 0 aliphatic heterocycles. The van der Waals surface area contributed by atoms with Gasteiger partial charge in [0.1, 0.15) is 11.4 Å². The highest BCUT2D eigenvalue weighted by atomic mass is 19.1. The number of Topliss-reactive ketones (excluding diaryl/α,β-unsaturated/α-hetero) is 1. The van der Waals surface area contributed by atoms with Gasteiger partial charge in [-0.3, -0.25) is 14.4 Å². The van der Waals surface area contributed by atoms with Gasteiger partial charge in [0, 0.05) is 31.3 Å². The molecule has 10 nitrogen and oxygen atoms in total. The number of para-hydroxylation sites is 1. The second-order valence-electron chi connectivity index (χ2n) is 7.91. The van der Waals surface area contributed by atoms with Gasteiger partial charge in [0.25, 0.3) is 5.91 Å². The van der Waals surface area contributed by atoms with Crippen molar-refractivity contribution in [1.82, 2.24) is 10.3 Å². The molecule has 2 atom stereocenters. The maximum atomic E-state index is 14.0. The number of hydrogen-bond donors (Lipinski definition) is 3. The van der Waals surface area contributed by atoms with E-state index in [1.807, 2.05) is 0 Å². The van der Waals surface area contributed by atoms with Crippen LogP contribution in [0.3, 0.4) is 0 Å². The van der Waals surface area contributed by atoms with E-state index in [9.17, 15) is 28.7 Å². The number of benzene rings is 1. The van der Waals surface area contributed by atoms with Crippen LogP contribution in [-0.2, 0) is 30.3 Å². The van der Waals surface area contributed by atoms with Crippen LogP contribution in [0.4, 0.5) is 4.39 Å². The standard InChI is InChI=1S/C22H25FN4O6/c1-12(2)22(21(31)32,8-7-15(29)11-26-24)27-20(30)18(33-13(3)28)9-14-10-25-19-16(14)5-4-6-17(19)23/h4-6,10-12,18,25H,7-9H2,1-3H3,(H,27,30)(H,31,32)/t18-,22-/m0/s1. The third-order valence-corrected chi connectivity index (χ3v) is 5.44. The molecule has 0 spiro atoms. The van der Waals surface area contributed by atoms with E-state index in [-0.39, 0.29) is 24.8 Å². The van der Waals surface area contributed by atoms with Crippen LogP contribution in [0.1, 0.15) is 39.2 Å². The molecule has 1 amide bonds. The van der Waals surface area contributed by atoms with Crippen LogP contribution >= 0.6 is 0 Å². The number of carboxylic acid groups (broad SMARTS) is 1. The minimum Gasteiger partial charge on any atom is -0.479 e. The lowest BCUT2D eigenvalue weighted by Crippen LogP contribution is -2.60. The zero-order valence-corrected chi connectivity index (χ0v) is 18.4. The molecule has 0 unspecified atom stereocenters. The smallest absolute Gasteiger partial charge is 0.329 e. The summed E-state index contributed by atoms with van der Waals surface area (Å²) in [5, 5.41) is 12.8. The van der Waals surface area contributed by atoms with Crippen LogP contribution in [0.25, 0.3) is 16.4 Å². The first kappa shape index (κ1) is 25.4. The summed E-state index contributed by atoms with van der Waals surface area (Å²) in [6.07, 6.45) is -0.0176. The average Bonchev–Trinajstić information content (AvgIpc) is 3.14. The van der Waals surface area contributed by atoms with E-state index in [0.29, 0.717) is 17.2 Å². The molecule has 2 aromatic rings. The Hall–Kier alpha value is -3.85. The summed E-state index contributed by atoms with van der Waals surface area (Å²) in [6.45, 7) is 4.22. The molecular formula is C22H25FN4O6. The molecule has 33 heavy (non-hydrogen) atoms. The van der Waals surface area contributed by atoms with E-state index in [2.05, 4.69) is 15.1 Å². The molecule has 0 aliphatic rings. The Morgan fingerprint density at radius 1 is 1.33 bits per heavy atom. The molecule has 0 fully saturated rings. The summed E-state index contributed by atoms with van der Waals surface area (Å²) in [6, 6.07) is 4.40. The van der Waals surface area contributed by atoms with Gasteiger partial charge in [-0.1, -0.05) is 26.0 Å². The quantitative estimate of drug-likeness (QED) is 0.201. The number of aromatic nitrogens is 1. The van der Waals surface area contributed by atoms with Gasteiger partial charge in [0.2, 0.25) is 5.78 Å². The number of carbonyl (C=O) groups is 4. The Morgan fingerprint density at radius 3 is 2.61 bits per heavy atom. The van der Waals surface area contributed by atoms with Gasteiger partial charge in [-0.05, 0) is 24.0 Å². The van der Waals surface area contributed by atoms with Crippen LogP contribution in [0.15, 0.2) is 24.4 Å². The summed E-state index contributed by atoms with van der Waals surface area (Å²) in [4.78, 5) is 54.1. The van der Waals surface area contributed by atoms with Crippen molar-refractivity contribution in [2.24, 2.45) is 5.92 Å². The first-order chi connectivity index (χ1) is 15.5. The fraction of sp³-hybridized carbons (Fsp3) is 0.409. The lowest BCUT2D eigenvalue weighted by Gasteiger charge is -2.35. The fourth-order valence-electron chi connectivity index (χ4n) is 3.58. The second-order valence-corrected chi connectivity index (χ2v) is 7.91. The number of esters is 1. The van der Waals surface area contributed by atoms with Gasteiger partial charge < -0.3 is 25.7 Å². The Morgan fingerprint density at radius 2 is 2.03 bits per heavy atom. The van der Waals surface area contributed by atoms with Gasteiger partial charge in [0.15, 0.2) is 6.10 Å². The van der Waals surface area contributed by atoms with E-state index in [1.54, 1.807) is 19.9 Å². The minimum absolute atomic E-state index is 0.140. The highest BCUT2D eigenvalue weighted by Crippen LogP contribution is 2.26. The topological polar surface area (TPSA) is 162 Å². The van der Waals surface area contributed by atoms with E-state index in [0.717, 1.165) is 6.92 Å². The highest BCUT2D eigenvalue weighted by molar-refractivity contribution is 6.25. The minimum atomic E-state index is -1.86. The summed E-state index contributed by atoms with van der Waals surface area (Å²) >= 11 is 0. The number of aliphatic carboxylic acids is 1. The van der Waals surface area contributed by atoms with Crippen LogP contribution in [0.2, 0.25) is 0 Å². The molecule has 1 aromatic heterocycles. The molecule has 0 bridgehead atoms. The Kier molecular flexibility index (Phi) is 8.20. The number of carbonyl (C=O) groups excluding carboxylic acids is 3. The number of H-pyrrole nitrogens is 1. The van der Waals surface area contributed by atoms with Crippen molar-refractivity contribution in [3.63, 3.8) is 0 Å². The maximum Gasteiger partial charge on any atom is 0.329 e. The van der Waals surface area contributed by atoms with Crippen LogP contribution < -0.4 is 5.32 Å². The number of carboxylic acids is 1. The lowest BCUT2D eigenvalue weighted by atomic mass is 9.81. The normalized spacial score (nSPS) is 13.6. The monoisotopic (exact) mass is 460 g/mol. The molecule has 2 rings (SSSR count). The van der Waals surface area contributed by atoms with E-state index in [4.69, 9.17) is 10.3 Å². The summed E-state index contributed by atoms with van der Waals surface area (Å²) in [5.41, 5.74) is 7.34. The van der Waals surface area contributed by atoms with Gasteiger partial charge in [-0.25, -0.2) is 9.18 Å². The third kappa shape index (κ3) is 5.89. The predicted octanol–water partition coefficient (Wildman–Crippen LogP) is 2.03. The van der Waals surface area contributed by atoms with E-state index in [1.165, 1.54) is 18.3 Å². The fourth-order valence-corrected chi connectivity index (χ4v) is 3.58. The van der Waals surface area contributed by atoms with Crippen molar-refractivity contribution in [1.29, 1.82) is 0 Å². The molecule has 11 heteroatoms. The van der Waals surface area contributed by atoms with Crippen LogP contribution in [0.5, 0.6) is 0 Å². The lowest BCUT2D eigenvalue weighted by molar-refractivity contribution is -0.158. The first-order valence-electron chi connectivity index (χ1n) is 10.2. The number of halogens is 1. The number of ketones is 1. The molecule has 0 aliphatic carbocycles. The van der Waals surface area contributed by atoms with Gasteiger partial charge in [-0.2, -0.15) is 4.79 Å². The summed E-state index contributed by atoms with van der Waals surface area (Å²) in [5.74, 6) is -4.80. The maximum absolute atomic E-state index is 14.0. The largest absolute Gasteiger partial charge is 0.479 e. The van der Waals surface area contributed by atoms with E-state index < -0.39 is 47.0 Å². The number of nitrogens with one attached hydrogen (secondary N) is 2. The van der Waals surface area contributed by atoms with Crippen LogP contribution in [0, 0.1) is 11.7 Å². The number of nitrogens with zero attached hydrogens (tertiary/aromatic N) is 2. The number of fused-ring (bicyclic) bond motifs is 1. The van der Waals surface area contributed by atoms with Crippen molar-refractivity contribution in [2.45, 2.75) is 51.7 Å². The number of amides is 1. The van der Waals surface area contributed by atoms with Gasteiger partial charge >= 0.3 is 18.2 Å². The zero-order chi connectivity index (χ0) is 24.8. The van der Waals surface area contributed by atoms with Crippen molar-refractivity contribution < 1.29 is 38.2 Å². The van der Waals surface area contributed by atoms with E-state index >= 15 is 0 Å². The molecular weight excluding hydrogens is 435 g/mol. The van der Waals surface area contributed by atoms with Crippen molar-refractivity contribution in [2.75, 3.05) is 0 Å². The van der Waals surface area contributed by atoms with Gasteiger partial charge in [-0.15, -0.1) is 0 Å². The third-order valence-electron chi connectivity index (χ3n) is 5.44. The molecule has 3 N–H and O–H groups in total. The molecule has 0 radical (unpaired) electrons. The second kappa shape index (κ2) is 10.6. The molecule has 0 saturated carbocycles. The zero-order valence-electron chi connectivity index (χ0n) is 18.4. The Balaban J connectivity index is 2.35.